The molecule has 3 heterocycles. The molecule has 1 aromatic heterocycles. The number of nitrogens with one attached hydrogen (secondary N) is 1. The lowest BCUT2D eigenvalue weighted by Crippen LogP contribution is -2.50. The van der Waals surface area contributed by atoms with E-state index in [1.807, 2.05) is 0 Å². The number of methoxy groups -OCH3 is 1. The van der Waals surface area contributed by atoms with E-state index in [0.29, 0.717) is 5.95 Å². The average molecular weight is 478 g/mol. The number of hydrogen-bond acceptors (Lipinski definition) is 8. The molecule has 0 amide bonds. The summed E-state index contributed by atoms with van der Waals surface area (Å²) in [5, 5.41) is 3.75. The van der Waals surface area contributed by atoms with Gasteiger partial charge in [0.1, 0.15) is 5.82 Å². The van der Waals surface area contributed by atoms with Crippen molar-refractivity contribution in [2.24, 2.45) is 0 Å². The van der Waals surface area contributed by atoms with Crippen LogP contribution in [-0.4, -0.2) is 78.8 Å². The summed E-state index contributed by atoms with van der Waals surface area (Å²) in [7, 11) is 3.95. The Balaban J connectivity index is 1.33. The van der Waals surface area contributed by atoms with Crippen LogP contribution in [-0.2, 0) is 17.7 Å². The summed E-state index contributed by atoms with van der Waals surface area (Å²) < 4.78 is 5.56. The van der Waals surface area contributed by atoms with E-state index in [0.717, 1.165) is 88.0 Å². The largest absolute Gasteiger partial charge is 0.382 e. The molecule has 0 atom stereocenters. The summed E-state index contributed by atoms with van der Waals surface area (Å²) in [6.07, 6.45) is 5.77. The van der Waals surface area contributed by atoms with E-state index in [-0.39, 0.29) is 5.54 Å². The molecule has 0 spiro atoms. The van der Waals surface area contributed by atoms with E-state index in [1.54, 1.807) is 7.11 Å². The molecule has 35 heavy (non-hydrogen) atoms. The van der Waals surface area contributed by atoms with Gasteiger partial charge in [-0.05, 0) is 43.5 Å². The number of nitrogens with two attached hydrogens (primary N) is 1. The van der Waals surface area contributed by atoms with Gasteiger partial charge >= 0.3 is 0 Å². The Morgan fingerprint density at radius 3 is 2.60 bits per heavy atom. The number of ether oxygens (including phenoxy) is 1. The Morgan fingerprint density at radius 1 is 1.09 bits per heavy atom. The van der Waals surface area contributed by atoms with E-state index in [2.05, 4.69) is 67.9 Å². The van der Waals surface area contributed by atoms with Crippen molar-refractivity contribution in [3.8, 4) is 11.3 Å². The fourth-order valence-corrected chi connectivity index (χ4v) is 5.76. The predicted octanol–water partition coefficient (Wildman–Crippen LogP) is 2.86. The number of hydrogen-bond donors (Lipinski definition) is 2. The lowest BCUT2D eigenvalue weighted by molar-refractivity contribution is 0.109. The molecule has 2 aromatic rings. The molecule has 2 aliphatic heterocycles. The second-order valence-electron chi connectivity index (χ2n) is 10.4. The molecule has 2 fully saturated rings. The van der Waals surface area contributed by atoms with Crippen molar-refractivity contribution in [2.45, 2.75) is 44.2 Å². The first-order valence-corrected chi connectivity index (χ1v) is 12.9. The molecular formula is C27H39N7O. The van der Waals surface area contributed by atoms with Crippen LogP contribution in [0.4, 0.5) is 11.8 Å². The Bertz CT molecular complexity index is 1060. The second-order valence-corrected chi connectivity index (χ2v) is 10.4. The first-order valence-electron chi connectivity index (χ1n) is 12.9. The molecule has 1 aromatic carbocycles. The molecule has 0 unspecified atom stereocenters. The highest BCUT2D eigenvalue weighted by Gasteiger charge is 2.35. The number of fused-ring (bicyclic) bond motifs is 1. The Labute approximate surface area is 209 Å². The normalized spacial score (nSPS) is 20.1. The molecule has 5 rings (SSSR count). The zero-order chi connectivity index (χ0) is 24.4. The highest BCUT2D eigenvalue weighted by atomic mass is 16.5. The molecule has 188 valence electrons. The topological polar surface area (TPSA) is 82.8 Å². The van der Waals surface area contributed by atoms with Gasteiger partial charge in [0.15, 0.2) is 0 Å². The van der Waals surface area contributed by atoms with Crippen molar-refractivity contribution < 1.29 is 4.74 Å². The lowest BCUT2D eigenvalue weighted by atomic mass is 9.95. The number of nitrogen functional groups attached to an aromatic ring is 1. The minimum atomic E-state index is 0.0199. The van der Waals surface area contributed by atoms with Gasteiger partial charge in [-0.2, -0.15) is 4.98 Å². The molecule has 1 saturated carbocycles. The maximum atomic E-state index is 6.15. The van der Waals surface area contributed by atoms with Crippen LogP contribution in [0.2, 0.25) is 0 Å². The summed E-state index contributed by atoms with van der Waals surface area (Å²) in [5.41, 5.74) is 10.9. The van der Waals surface area contributed by atoms with Gasteiger partial charge in [0, 0.05) is 58.0 Å². The van der Waals surface area contributed by atoms with Gasteiger partial charge in [-0.15, -0.1) is 0 Å². The number of likely N-dealkylation sites (N-methyl/N-ethyl adjacent to an activating group) is 1. The van der Waals surface area contributed by atoms with Gasteiger partial charge in [-0.3, -0.25) is 0 Å². The zero-order valence-corrected chi connectivity index (χ0v) is 21.2. The van der Waals surface area contributed by atoms with Crippen molar-refractivity contribution in [1.29, 1.82) is 0 Å². The molecule has 8 nitrogen and oxygen atoms in total. The molecule has 8 heteroatoms. The van der Waals surface area contributed by atoms with E-state index >= 15 is 0 Å². The van der Waals surface area contributed by atoms with Crippen LogP contribution in [0.1, 0.15) is 36.8 Å². The number of piperazine rings is 1. The van der Waals surface area contributed by atoms with Gasteiger partial charge in [0.25, 0.3) is 0 Å². The van der Waals surface area contributed by atoms with Crippen molar-refractivity contribution in [3.63, 3.8) is 0 Å². The van der Waals surface area contributed by atoms with E-state index in [4.69, 9.17) is 10.5 Å². The molecule has 0 radical (unpaired) electrons. The average Bonchev–Trinajstić information content (AvgIpc) is 3.31. The highest BCUT2D eigenvalue weighted by Crippen LogP contribution is 2.33. The summed E-state index contributed by atoms with van der Waals surface area (Å²) in [5.74, 6) is 2.24. The maximum absolute atomic E-state index is 6.15. The summed E-state index contributed by atoms with van der Waals surface area (Å²) in [4.78, 5) is 16.1. The Hall–Kier alpha value is -2.84. The third-order valence-electron chi connectivity index (χ3n) is 7.84. The Morgan fingerprint density at radius 2 is 1.86 bits per heavy atom. The summed E-state index contributed by atoms with van der Waals surface area (Å²) >= 11 is 0. The lowest BCUT2D eigenvalue weighted by Gasteiger charge is -2.38. The number of rotatable bonds is 7. The van der Waals surface area contributed by atoms with Gasteiger partial charge in [0.2, 0.25) is 5.95 Å². The quantitative estimate of drug-likeness (QED) is 0.630. The maximum Gasteiger partial charge on any atom is 0.222 e. The number of benzene rings is 1. The molecular weight excluding hydrogens is 438 g/mol. The van der Waals surface area contributed by atoms with Crippen molar-refractivity contribution in [3.05, 3.63) is 47.8 Å². The van der Waals surface area contributed by atoms with Crippen LogP contribution in [0.25, 0.3) is 11.3 Å². The number of anilines is 2. The fraction of sp³-hybridized carbons (Fsp3) is 0.556. The third kappa shape index (κ3) is 5.23. The minimum absolute atomic E-state index is 0.0199. The Kier molecular flexibility index (Phi) is 6.84. The van der Waals surface area contributed by atoms with Crippen LogP contribution < -0.4 is 16.0 Å². The fourth-order valence-electron chi connectivity index (χ4n) is 5.76. The van der Waals surface area contributed by atoms with Gasteiger partial charge in [-0.25, -0.2) is 4.98 Å². The molecule has 3 N–H and O–H groups in total. The van der Waals surface area contributed by atoms with E-state index < -0.39 is 0 Å². The minimum Gasteiger partial charge on any atom is -0.382 e. The van der Waals surface area contributed by atoms with Crippen LogP contribution >= 0.6 is 0 Å². The van der Waals surface area contributed by atoms with Gasteiger partial charge < -0.3 is 30.5 Å². The standard InChI is InChI=1S/C27H39N7O/c1-20(31-27(19-35-3)9-4-5-10-27)34-11-8-21-6-7-22(16-23(21)18-34)24-17-25(30-26(28)29-24)33-14-12-32(2)13-15-33/h6-7,16-17,31H,1,4-5,8-15,18-19H2,2-3H3,(H2,28,29,30). The smallest absolute Gasteiger partial charge is 0.222 e. The van der Waals surface area contributed by atoms with E-state index in [9.17, 15) is 0 Å². The first kappa shape index (κ1) is 23.9. The van der Waals surface area contributed by atoms with Crippen LogP contribution in [0.3, 0.4) is 0 Å². The molecule has 3 aliphatic rings. The SMILES string of the molecule is C=C(NC1(COC)CCCC1)N1CCc2ccc(-c3cc(N4CCN(C)CC4)nc(N)n3)cc2C1. The van der Waals surface area contributed by atoms with Gasteiger partial charge in [0.05, 0.1) is 23.7 Å². The summed E-state index contributed by atoms with van der Waals surface area (Å²) in [6.45, 7) is 10.9. The second kappa shape index (κ2) is 10.0. The van der Waals surface area contributed by atoms with Crippen molar-refractivity contribution >= 4 is 11.8 Å². The number of nitrogens with zero attached hydrogens (tertiary/aromatic N) is 5. The first-order chi connectivity index (χ1) is 16.9. The van der Waals surface area contributed by atoms with Gasteiger partial charge in [-0.1, -0.05) is 31.6 Å². The predicted molar refractivity (Wildman–Crippen MR) is 141 cm³/mol. The van der Waals surface area contributed by atoms with Crippen LogP contribution in [0, 0.1) is 0 Å². The van der Waals surface area contributed by atoms with Crippen LogP contribution in [0.15, 0.2) is 36.7 Å². The van der Waals surface area contributed by atoms with Crippen molar-refractivity contribution in [2.75, 3.05) is 64.1 Å². The summed E-state index contributed by atoms with van der Waals surface area (Å²) in [6, 6.07) is 8.77. The number of aromatic nitrogens is 2. The monoisotopic (exact) mass is 477 g/mol. The highest BCUT2D eigenvalue weighted by molar-refractivity contribution is 5.66. The zero-order valence-electron chi connectivity index (χ0n) is 21.2. The molecule has 1 aliphatic carbocycles. The van der Waals surface area contributed by atoms with E-state index in [1.165, 1.54) is 24.0 Å². The van der Waals surface area contributed by atoms with Crippen molar-refractivity contribution in [1.82, 2.24) is 25.1 Å². The third-order valence-corrected chi connectivity index (χ3v) is 7.84. The molecule has 0 bridgehead atoms. The van der Waals surface area contributed by atoms with Crippen LogP contribution in [0.5, 0.6) is 0 Å². The molecule has 1 saturated heterocycles.